The summed E-state index contributed by atoms with van der Waals surface area (Å²) < 4.78 is 0. The number of carbonyl (C=O) groups is 1. The van der Waals surface area contributed by atoms with E-state index in [1.165, 1.54) is 30.9 Å². The summed E-state index contributed by atoms with van der Waals surface area (Å²) in [4.78, 5) is 10.7. The van der Waals surface area contributed by atoms with Crippen LogP contribution in [-0.4, -0.2) is 5.78 Å². The van der Waals surface area contributed by atoms with Gasteiger partial charge in [0.05, 0.1) is 0 Å². The van der Waals surface area contributed by atoms with Crippen LogP contribution in [0, 0.1) is 0 Å². The molecule has 0 heterocycles. The van der Waals surface area contributed by atoms with Gasteiger partial charge in [-0.2, -0.15) is 0 Å². The van der Waals surface area contributed by atoms with Crippen molar-refractivity contribution in [2.45, 2.75) is 39.5 Å². The Hall–Kier alpha value is -1.07. The minimum atomic E-state index is 0.0655. The lowest BCUT2D eigenvalue weighted by molar-refractivity contribution is -0.112. The van der Waals surface area contributed by atoms with E-state index >= 15 is 0 Å². The van der Waals surface area contributed by atoms with Crippen molar-refractivity contribution in [1.29, 1.82) is 0 Å². The highest BCUT2D eigenvalue weighted by Crippen LogP contribution is 2.22. The van der Waals surface area contributed by atoms with Crippen LogP contribution in [0.3, 0.4) is 0 Å². The van der Waals surface area contributed by atoms with Gasteiger partial charge in [-0.15, -0.1) is 5.73 Å². The smallest absolute Gasteiger partial charge is 0.160 e. The van der Waals surface area contributed by atoms with Crippen molar-refractivity contribution in [3.8, 4) is 0 Å². The van der Waals surface area contributed by atoms with Gasteiger partial charge in [-0.05, 0) is 50.7 Å². The molecule has 0 aliphatic heterocycles. The van der Waals surface area contributed by atoms with Gasteiger partial charge in [-0.1, -0.05) is 6.08 Å². The van der Waals surface area contributed by atoms with E-state index in [-0.39, 0.29) is 5.78 Å². The van der Waals surface area contributed by atoms with Crippen molar-refractivity contribution < 1.29 is 4.79 Å². The highest BCUT2D eigenvalue weighted by Gasteiger charge is 2.03. The first-order valence-corrected chi connectivity index (χ1v) is 4.83. The molecule has 0 saturated heterocycles. The van der Waals surface area contributed by atoms with Crippen molar-refractivity contribution >= 4 is 5.78 Å². The molecule has 70 valence electrons. The van der Waals surface area contributed by atoms with Crippen molar-refractivity contribution in [3.63, 3.8) is 0 Å². The van der Waals surface area contributed by atoms with Crippen LogP contribution in [0.1, 0.15) is 39.5 Å². The fraction of sp³-hybridized carbons (Fsp3) is 0.500. The summed E-state index contributed by atoms with van der Waals surface area (Å²) in [5, 5.41) is 0. The maximum atomic E-state index is 10.7. The predicted octanol–water partition coefficient (Wildman–Crippen LogP) is 3.18. The Balaban J connectivity index is 2.76. The molecule has 0 radical (unpaired) electrons. The van der Waals surface area contributed by atoms with E-state index in [1.807, 2.05) is 6.92 Å². The van der Waals surface area contributed by atoms with Crippen molar-refractivity contribution in [2.24, 2.45) is 0 Å². The maximum absolute atomic E-state index is 10.7. The van der Waals surface area contributed by atoms with E-state index in [4.69, 9.17) is 0 Å². The monoisotopic (exact) mass is 176 g/mol. The van der Waals surface area contributed by atoms with E-state index in [0.717, 1.165) is 12.0 Å². The number of rotatable bonds is 2. The number of carbonyl (C=O) groups excluding carboxylic acids is 1. The van der Waals surface area contributed by atoms with Crippen LogP contribution < -0.4 is 0 Å². The average Bonchev–Trinajstić information content (AvgIpc) is 2.15. The third-order valence-electron chi connectivity index (χ3n) is 2.26. The van der Waals surface area contributed by atoms with Crippen LogP contribution >= 0.6 is 0 Å². The fourth-order valence-electron chi connectivity index (χ4n) is 1.48. The molecule has 0 aromatic heterocycles. The molecule has 0 aromatic carbocycles. The van der Waals surface area contributed by atoms with E-state index in [9.17, 15) is 4.79 Å². The first-order chi connectivity index (χ1) is 6.20. The second-order valence-electron chi connectivity index (χ2n) is 3.50. The summed E-state index contributed by atoms with van der Waals surface area (Å²) in [5.41, 5.74) is 5.51. The molecule has 0 bridgehead atoms. The summed E-state index contributed by atoms with van der Waals surface area (Å²) >= 11 is 0. The molecule has 0 saturated carbocycles. The van der Waals surface area contributed by atoms with Crippen molar-refractivity contribution in [1.82, 2.24) is 0 Å². The van der Waals surface area contributed by atoms with E-state index < -0.39 is 0 Å². The minimum Gasteiger partial charge on any atom is -0.294 e. The highest BCUT2D eigenvalue weighted by atomic mass is 16.1. The Bertz CT molecular complexity index is 288. The van der Waals surface area contributed by atoms with Crippen molar-refractivity contribution in [2.75, 3.05) is 0 Å². The molecule has 0 unspecified atom stereocenters. The molecular weight excluding hydrogens is 160 g/mol. The fourth-order valence-corrected chi connectivity index (χ4v) is 1.48. The first kappa shape index (κ1) is 10.0. The van der Waals surface area contributed by atoms with Crippen LogP contribution in [0.25, 0.3) is 0 Å². The van der Waals surface area contributed by atoms with Gasteiger partial charge < -0.3 is 0 Å². The molecule has 1 aliphatic carbocycles. The third kappa shape index (κ3) is 3.43. The van der Waals surface area contributed by atoms with Crippen LogP contribution in [0.2, 0.25) is 0 Å². The molecule has 0 fully saturated rings. The lowest BCUT2D eigenvalue weighted by Gasteiger charge is -2.10. The molecule has 1 aliphatic rings. The number of ketones is 1. The normalized spacial score (nSPS) is 15.7. The number of allylic oxidation sites excluding steroid dienone is 3. The van der Waals surface area contributed by atoms with E-state index in [1.54, 1.807) is 6.92 Å². The summed E-state index contributed by atoms with van der Waals surface area (Å²) in [5.74, 6) is 0.0655. The first-order valence-electron chi connectivity index (χ1n) is 4.83. The zero-order valence-electron chi connectivity index (χ0n) is 8.39. The molecule has 1 nitrogen and oxygen atoms in total. The van der Waals surface area contributed by atoms with Crippen LogP contribution in [-0.2, 0) is 4.79 Å². The average molecular weight is 176 g/mol. The second-order valence-corrected chi connectivity index (χ2v) is 3.50. The Kier molecular flexibility index (Phi) is 3.72. The van der Waals surface area contributed by atoms with Gasteiger partial charge in [0, 0.05) is 6.08 Å². The third-order valence-corrected chi connectivity index (χ3v) is 2.26. The maximum Gasteiger partial charge on any atom is 0.160 e. The number of hydrogen-bond donors (Lipinski definition) is 0. The van der Waals surface area contributed by atoms with Gasteiger partial charge in [0.2, 0.25) is 0 Å². The topological polar surface area (TPSA) is 17.1 Å². The van der Waals surface area contributed by atoms with Gasteiger partial charge >= 0.3 is 0 Å². The number of hydrogen-bond acceptors (Lipinski definition) is 1. The lowest BCUT2D eigenvalue weighted by Crippen LogP contribution is -1.92. The Labute approximate surface area is 79.8 Å². The summed E-state index contributed by atoms with van der Waals surface area (Å²) in [6.45, 7) is 3.58. The summed E-state index contributed by atoms with van der Waals surface area (Å²) in [6.07, 6.45) is 8.67. The molecule has 0 amide bonds. The molecular formula is C12H16O. The predicted molar refractivity (Wildman–Crippen MR) is 54.5 cm³/mol. The Morgan fingerprint density at radius 1 is 1.46 bits per heavy atom. The summed E-state index contributed by atoms with van der Waals surface area (Å²) in [6, 6.07) is 0. The SMILES string of the molecule is CC(=O)C=C=C(C)C1=CCCCC1. The van der Waals surface area contributed by atoms with Gasteiger partial charge in [0.1, 0.15) is 0 Å². The van der Waals surface area contributed by atoms with Crippen molar-refractivity contribution in [3.05, 3.63) is 29.0 Å². The molecule has 1 heteroatoms. The van der Waals surface area contributed by atoms with E-state index in [0.29, 0.717) is 0 Å². The van der Waals surface area contributed by atoms with Gasteiger partial charge in [-0.25, -0.2) is 0 Å². The van der Waals surface area contributed by atoms with Crippen LogP contribution in [0.5, 0.6) is 0 Å². The molecule has 0 aromatic rings. The minimum absolute atomic E-state index is 0.0655. The quantitative estimate of drug-likeness (QED) is 0.466. The molecule has 0 spiro atoms. The zero-order chi connectivity index (χ0) is 9.68. The van der Waals surface area contributed by atoms with Gasteiger partial charge in [0.25, 0.3) is 0 Å². The summed E-state index contributed by atoms with van der Waals surface area (Å²) in [7, 11) is 0. The molecule has 0 N–H and O–H groups in total. The second kappa shape index (κ2) is 4.84. The standard InChI is InChI=1S/C12H16O/c1-10(8-9-11(2)13)12-6-4-3-5-7-12/h6,9H,3-5,7H2,1-2H3. The van der Waals surface area contributed by atoms with Gasteiger partial charge in [-0.3, -0.25) is 4.79 Å². The Morgan fingerprint density at radius 2 is 2.23 bits per heavy atom. The lowest BCUT2D eigenvalue weighted by atomic mass is 9.95. The van der Waals surface area contributed by atoms with E-state index in [2.05, 4.69) is 11.8 Å². The molecule has 1 rings (SSSR count). The molecule has 13 heavy (non-hydrogen) atoms. The molecule has 0 atom stereocenters. The van der Waals surface area contributed by atoms with Crippen LogP contribution in [0.15, 0.2) is 29.0 Å². The zero-order valence-corrected chi connectivity index (χ0v) is 8.39. The largest absolute Gasteiger partial charge is 0.294 e. The highest BCUT2D eigenvalue weighted by molar-refractivity contribution is 5.87. The Morgan fingerprint density at radius 3 is 2.77 bits per heavy atom. The van der Waals surface area contributed by atoms with Crippen LogP contribution in [0.4, 0.5) is 0 Å². The van der Waals surface area contributed by atoms with Gasteiger partial charge in [0.15, 0.2) is 5.78 Å².